The molecule has 2 fully saturated rings. The number of carboxylic acid groups (broad SMARTS) is 1. The summed E-state index contributed by atoms with van der Waals surface area (Å²) in [6, 6.07) is 15.7. The van der Waals surface area contributed by atoms with Crippen molar-refractivity contribution in [2.75, 3.05) is 37.7 Å². The van der Waals surface area contributed by atoms with Crippen LogP contribution in [0.15, 0.2) is 54.6 Å². The van der Waals surface area contributed by atoms with Gasteiger partial charge in [-0.3, -0.25) is 4.90 Å². The van der Waals surface area contributed by atoms with Gasteiger partial charge in [-0.1, -0.05) is 6.07 Å². The number of rotatable bonds is 9. The van der Waals surface area contributed by atoms with E-state index in [1.54, 1.807) is 30.3 Å². The van der Waals surface area contributed by atoms with E-state index in [1.807, 2.05) is 6.07 Å². The van der Waals surface area contributed by atoms with Crippen LogP contribution >= 0.6 is 0 Å². The Morgan fingerprint density at radius 2 is 1.88 bits per heavy atom. The van der Waals surface area contributed by atoms with Crippen LogP contribution in [0.25, 0.3) is 11.0 Å². The van der Waals surface area contributed by atoms with Crippen molar-refractivity contribution in [2.24, 2.45) is 0 Å². The van der Waals surface area contributed by atoms with Crippen LogP contribution in [0.4, 0.5) is 14.5 Å². The zero-order chi connectivity index (χ0) is 29.2. The van der Waals surface area contributed by atoms with Crippen molar-refractivity contribution in [2.45, 2.75) is 32.2 Å². The number of benzene rings is 3. The van der Waals surface area contributed by atoms with Gasteiger partial charge < -0.3 is 24.0 Å². The normalized spacial score (nSPS) is 17.2. The molecule has 1 atom stereocenters. The summed E-state index contributed by atoms with van der Waals surface area (Å²) in [6.07, 6.45) is 1.05. The zero-order valence-electron chi connectivity index (χ0n) is 22.8. The Balaban J connectivity index is 1.12. The van der Waals surface area contributed by atoms with Gasteiger partial charge in [0.25, 0.3) is 0 Å². The number of carbonyl (C=O) groups is 1. The van der Waals surface area contributed by atoms with Crippen molar-refractivity contribution in [3.63, 3.8) is 0 Å². The number of carboxylic acids is 1. The van der Waals surface area contributed by atoms with Crippen molar-refractivity contribution < 1.29 is 28.2 Å². The largest absolute Gasteiger partial charge is 0.486 e. The number of aromatic carboxylic acids is 1. The summed E-state index contributed by atoms with van der Waals surface area (Å²) >= 11 is 0. The lowest BCUT2D eigenvalue weighted by Crippen LogP contribution is -2.46. The van der Waals surface area contributed by atoms with Crippen LogP contribution in [0.3, 0.4) is 0 Å². The van der Waals surface area contributed by atoms with E-state index in [4.69, 9.17) is 19.7 Å². The molecular formula is C31H29F2N5O4. The molecule has 1 aromatic heterocycles. The molecule has 6 rings (SSSR count). The Morgan fingerprint density at radius 1 is 1.07 bits per heavy atom. The molecule has 216 valence electrons. The maximum atomic E-state index is 14.5. The van der Waals surface area contributed by atoms with Crippen molar-refractivity contribution >= 4 is 22.7 Å². The summed E-state index contributed by atoms with van der Waals surface area (Å²) in [5, 5.41) is 18.4. The van der Waals surface area contributed by atoms with E-state index < -0.39 is 17.6 Å². The second kappa shape index (κ2) is 11.8. The number of nitrogens with zero attached hydrogens (tertiary/aromatic N) is 5. The molecule has 2 saturated heterocycles. The highest BCUT2D eigenvalue weighted by Gasteiger charge is 2.25. The molecule has 0 saturated carbocycles. The Bertz CT molecular complexity index is 1670. The maximum absolute atomic E-state index is 14.5. The molecule has 1 N–H and O–H groups in total. The molecule has 2 aliphatic rings. The molecule has 4 aromatic rings. The highest BCUT2D eigenvalue weighted by atomic mass is 19.1. The fourth-order valence-corrected chi connectivity index (χ4v) is 5.32. The van der Waals surface area contributed by atoms with E-state index in [0.717, 1.165) is 54.7 Å². The van der Waals surface area contributed by atoms with Crippen molar-refractivity contribution in [1.82, 2.24) is 14.5 Å². The van der Waals surface area contributed by atoms with Gasteiger partial charge in [0.2, 0.25) is 0 Å². The molecular weight excluding hydrogens is 544 g/mol. The van der Waals surface area contributed by atoms with E-state index in [2.05, 4.69) is 14.4 Å². The number of imidazole rings is 1. The van der Waals surface area contributed by atoms with Gasteiger partial charge in [-0.2, -0.15) is 5.26 Å². The number of hydrogen-bond donors (Lipinski definition) is 1. The molecule has 9 nitrogen and oxygen atoms in total. The van der Waals surface area contributed by atoms with Crippen molar-refractivity contribution in [3.8, 4) is 11.8 Å². The molecule has 0 spiro atoms. The first kappa shape index (κ1) is 27.6. The van der Waals surface area contributed by atoms with Crippen LogP contribution in [0.2, 0.25) is 0 Å². The summed E-state index contributed by atoms with van der Waals surface area (Å²) < 4.78 is 42.2. The van der Waals surface area contributed by atoms with Gasteiger partial charge in [-0.25, -0.2) is 18.6 Å². The van der Waals surface area contributed by atoms with E-state index in [9.17, 15) is 18.7 Å². The minimum absolute atomic E-state index is 0.0337. The first-order valence-corrected chi connectivity index (χ1v) is 13.8. The Labute approximate surface area is 241 Å². The van der Waals surface area contributed by atoms with Crippen LogP contribution in [-0.4, -0.2) is 64.4 Å². The standard InChI is InChI=1S/C31H29F2N5O4/c32-25-5-4-23(15-29(25)42-19-22-2-1-20(16-34)13-26(22)33)37-10-8-36(9-11-37)18-30-35-27-6-3-21(31(39)40)14-28(27)38(30)17-24-7-12-41-24/h1-6,13-15,24H,7-12,17-19H2,(H,39,40)/t24-/m0/s1. The smallest absolute Gasteiger partial charge is 0.335 e. The fraction of sp³-hybridized carbons (Fsp3) is 0.323. The molecule has 0 radical (unpaired) electrons. The number of hydrogen-bond acceptors (Lipinski definition) is 7. The lowest BCUT2D eigenvalue weighted by atomic mass is 10.1. The average molecular weight is 574 g/mol. The lowest BCUT2D eigenvalue weighted by molar-refractivity contribution is -0.0592. The van der Waals surface area contributed by atoms with Gasteiger partial charge in [0.1, 0.15) is 18.2 Å². The summed E-state index contributed by atoms with van der Waals surface area (Å²) in [4.78, 5) is 20.9. The second-order valence-corrected chi connectivity index (χ2v) is 10.5. The topological polar surface area (TPSA) is 104 Å². The lowest BCUT2D eigenvalue weighted by Gasteiger charge is -2.36. The molecule has 0 aliphatic carbocycles. The second-order valence-electron chi connectivity index (χ2n) is 10.5. The van der Waals surface area contributed by atoms with E-state index in [1.165, 1.54) is 18.2 Å². The summed E-state index contributed by atoms with van der Waals surface area (Å²) in [5.74, 6) is -1.18. The van der Waals surface area contributed by atoms with Crippen LogP contribution in [0, 0.1) is 23.0 Å². The van der Waals surface area contributed by atoms with E-state index in [-0.39, 0.29) is 35.2 Å². The summed E-state index contributed by atoms with van der Waals surface area (Å²) in [5.41, 5.74) is 3.03. The average Bonchev–Trinajstić information content (AvgIpc) is 3.31. The number of ether oxygens (including phenoxy) is 2. The fourth-order valence-electron chi connectivity index (χ4n) is 5.32. The molecule has 0 unspecified atom stereocenters. The molecule has 3 aromatic carbocycles. The van der Waals surface area contributed by atoms with Crippen LogP contribution in [-0.2, 0) is 24.4 Å². The molecule has 11 heteroatoms. The number of anilines is 1. The predicted octanol–water partition coefficient (Wildman–Crippen LogP) is 4.57. The van der Waals surface area contributed by atoms with Crippen LogP contribution < -0.4 is 9.64 Å². The van der Waals surface area contributed by atoms with Gasteiger partial charge in [-0.15, -0.1) is 0 Å². The first-order chi connectivity index (χ1) is 20.4. The van der Waals surface area contributed by atoms with Crippen LogP contribution in [0.1, 0.15) is 33.7 Å². The minimum Gasteiger partial charge on any atom is -0.486 e. The van der Waals surface area contributed by atoms with Gasteiger partial charge in [0.15, 0.2) is 11.6 Å². The SMILES string of the molecule is N#Cc1ccc(COc2cc(N3CCN(Cc4nc5ccc(C(=O)O)cc5n4C[C@@H]4CCO4)CC3)ccc2F)c(F)c1. The molecule has 3 heterocycles. The Hall–Kier alpha value is -4.53. The van der Waals surface area contributed by atoms with E-state index >= 15 is 0 Å². The molecule has 0 amide bonds. The third kappa shape index (κ3) is 5.77. The number of aromatic nitrogens is 2. The van der Waals surface area contributed by atoms with Gasteiger partial charge in [0, 0.05) is 50.1 Å². The van der Waals surface area contributed by atoms with Crippen molar-refractivity contribution in [1.29, 1.82) is 5.26 Å². The zero-order valence-corrected chi connectivity index (χ0v) is 22.8. The number of nitriles is 1. The predicted molar refractivity (Wildman–Crippen MR) is 150 cm³/mol. The third-order valence-electron chi connectivity index (χ3n) is 7.84. The molecule has 42 heavy (non-hydrogen) atoms. The van der Waals surface area contributed by atoms with Crippen LogP contribution in [0.5, 0.6) is 5.75 Å². The Morgan fingerprint density at radius 3 is 2.57 bits per heavy atom. The highest BCUT2D eigenvalue weighted by Crippen LogP contribution is 2.28. The minimum atomic E-state index is -0.974. The quantitative estimate of drug-likeness (QED) is 0.311. The molecule has 0 bridgehead atoms. The van der Waals surface area contributed by atoms with Gasteiger partial charge in [0.05, 0.1) is 47.4 Å². The maximum Gasteiger partial charge on any atom is 0.335 e. The number of piperazine rings is 1. The van der Waals surface area contributed by atoms with Gasteiger partial charge in [-0.05, 0) is 48.9 Å². The summed E-state index contributed by atoms with van der Waals surface area (Å²) in [6.45, 7) is 4.69. The van der Waals surface area contributed by atoms with Crippen molar-refractivity contribution in [3.05, 3.63) is 88.7 Å². The monoisotopic (exact) mass is 573 g/mol. The van der Waals surface area contributed by atoms with Gasteiger partial charge >= 0.3 is 5.97 Å². The first-order valence-electron chi connectivity index (χ1n) is 13.8. The number of fused-ring (bicyclic) bond motifs is 1. The highest BCUT2D eigenvalue weighted by molar-refractivity contribution is 5.92. The Kier molecular flexibility index (Phi) is 7.73. The van der Waals surface area contributed by atoms with E-state index in [0.29, 0.717) is 26.2 Å². The third-order valence-corrected chi connectivity index (χ3v) is 7.84. The summed E-state index contributed by atoms with van der Waals surface area (Å²) in [7, 11) is 0. The number of halogens is 2. The molecule has 2 aliphatic heterocycles.